The lowest BCUT2D eigenvalue weighted by Crippen LogP contribution is -2.49. The third kappa shape index (κ3) is 4.37. The average Bonchev–Trinajstić information content (AvgIpc) is 2.68. The van der Waals surface area contributed by atoms with Crippen molar-refractivity contribution in [3.05, 3.63) is 75.8 Å². The van der Waals surface area contributed by atoms with E-state index in [0.717, 1.165) is 0 Å². The molecule has 28 heavy (non-hydrogen) atoms. The number of hydrogen-bond acceptors (Lipinski definition) is 5. The van der Waals surface area contributed by atoms with Crippen molar-refractivity contribution in [2.75, 3.05) is 34.7 Å². The van der Waals surface area contributed by atoms with Crippen LogP contribution in [0.25, 0.3) is 0 Å². The van der Waals surface area contributed by atoms with Crippen molar-refractivity contribution < 1.29 is 14.8 Å². The molecular weight excluding hydrogens is 358 g/mol. The number of likely N-dealkylation sites (N-methyl/N-ethyl adjacent to an activating group) is 1. The summed E-state index contributed by atoms with van der Waals surface area (Å²) < 4.78 is 0. The lowest BCUT2D eigenvalue weighted by molar-refractivity contribution is -0.385. The van der Waals surface area contributed by atoms with Crippen molar-refractivity contribution in [3.63, 3.8) is 0 Å². The van der Waals surface area contributed by atoms with Gasteiger partial charge in [0.2, 0.25) is 5.91 Å². The molecule has 1 N–H and O–H groups in total. The summed E-state index contributed by atoms with van der Waals surface area (Å²) in [4.78, 5) is 27.6. The van der Waals surface area contributed by atoms with Crippen LogP contribution >= 0.6 is 0 Å². The number of amides is 1. The molecule has 2 aromatic rings. The molecule has 7 heteroatoms. The Kier molecular flexibility index (Phi) is 6.88. The number of nitro groups is 1. The van der Waals surface area contributed by atoms with Crippen molar-refractivity contribution in [1.82, 2.24) is 9.80 Å². The Morgan fingerprint density at radius 1 is 1.11 bits per heavy atom. The molecule has 0 radical (unpaired) electrons. The number of rotatable bonds is 8. The van der Waals surface area contributed by atoms with Crippen LogP contribution in [0.4, 0.5) is 5.69 Å². The van der Waals surface area contributed by atoms with E-state index in [1.807, 2.05) is 25.1 Å². The Balaban J connectivity index is 2.74. The van der Waals surface area contributed by atoms with Crippen LogP contribution < -0.4 is 0 Å². The molecule has 0 aliphatic carbocycles. The summed E-state index contributed by atoms with van der Waals surface area (Å²) in [6.07, 6.45) is -0.862. The first-order chi connectivity index (χ1) is 13.2. The average molecular weight is 385 g/mol. The van der Waals surface area contributed by atoms with Gasteiger partial charge < -0.3 is 14.9 Å². The monoisotopic (exact) mass is 385 g/mol. The third-order valence-electron chi connectivity index (χ3n) is 4.90. The number of nitrogens with zero attached hydrogens (tertiary/aromatic N) is 3. The van der Waals surface area contributed by atoms with Gasteiger partial charge in [-0.05, 0) is 38.2 Å². The van der Waals surface area contributed by atoms with Gasteiger partial charge in [-0.15, -0.1) is 0 Å². The lowest BCUT2D eigenvalue weighted by Gasteiger charge is -2.40. The Morgan fingerprint density at radius 2 is 1.75 bits per heavy atom. The minimum atomic E-state index is -1.36. The van der Waals surface area contributed by atoms with Gasteiger partial charge in [-0.3, -0.25) is 14.9 Å². The van der Waals surface area contributed by atoms with Gasteiger partial charge in [0.15, 0.2) is 0 Å². The van der Waals surface area contributed by atoms with Crippen molar-refractivity contribution in [1.29, 1.82) is 0 Å². The normalized spacial score (nSPS) is 14.4. The largest absolute Gasteiger partial charge is 0.387 e. The van der Waals surface area contributed by atoms with Crippen LogP contribution in [0.2, 0.25) is 0 Å². The number of carbonyl (C=O) groups excluding carboxylic acids is 1. The fraction of sp³-hybridized carbons (Fsp3) is 0.381. The molecule has 150 valence electrons. The first-order valence-electron chi connectivity index (χ1n) is 9.04. The summed E-state index contributed by atoms with van der Waals surface area (Å²) in [5.74, 6) is -0.300. The highest BCUT2D eigenvalue weighted by molar-refractivity contribution is 5.89. The van der Waals surface area contributed by atoms with E-state index < -0.39 is 16.4 Å². The fourth-order valence-electron chi connectivity index (χ4n) is 3.40. The van der Waals surface area contributed by atoms with Gasteiger partial charge in [0.25, 0.3) is 5.69 Å². The Morgan fingerprint density at radius 3 is 2.29 bits per heavy atom. The SMILES string of the molecule is CN(C)CCC(C(=O)N(C)C)(c1cccc([N+](=O)[O-])c1)C(O)c1ccccc1. The molecule has 0 aliphatic rings. The van der Waals surface area contributed by atoms with E-state index in [1.54, 1.807) is 50.5 Å². The van der Waals surface area contributed by atoms with E-state index in [9.17, 15) is 20.0 Å². The van der Waals surface area contributed by atoms with Gasteiger partial charge in [-0.2, -0.15) is 0 Å². The zero-order chi connectivity index (χ0) is 20.9. The van der Waals surface area contributed by atoms with Crippen LogP contribution in [-0.4, -0.2) is 60.5 Å². The Labute approximate surface area is 165 Å². The Hall–Kier alpha value is -2.77. The van der Waals surface area contributed by atoms with Crippen molar-refractivity contribution in [3.8, 4) is 0 Å². The predicted molar refractivity (Wildman–Crippen MR) is 108 cm³/mol. The van der Waals surface area contributed by atoms with Crippen LogP contribution in [0.1, 0.15) is 23.7 Å². The highest BCUT2D eigenvalue weighted by Crippen LogP contribution is 2.43. The predicted octanol–water partition coefficient (Wildman–Crippen LogP) is 2.61. The van der Waals surface area contributed by atoms with Crippen molar-refractivity contribution in [2.45, 2.75) is 17.9 Å². The molecule has 2 aromatic carbocycles. The summed E-state index contributed by atoms with van der Waals surface area (Å²) in [7, 11) is 7.02. The number of aliphatic hydroxyl groups excluding tert-OH is 1. The maximum absolute atomic E-state index is 13.5. The van der Waals surface area contributed by atoms with Gasteiger partial charge >= 0.3 is 0 Å². The maximum atomic E-state index is 13.5. The molecule has 1 amide bonds. The molecule has 2 atom stereocenters. The van der Waals surface area contributed by atoms with E-state index in [2.05, 4.69) is 0 Å². The molecule has 0 bridgehead atoms. The van der Waals surface area contributed by atoms with Gasteiger partial charge in [0.05, 0.1) is 11.0 Å². The maximum Gasteiger partial charge on any atom is 0.269 e. The molecule has 0 aromatic heterocycles. The molecule has 0 heterocycles. The highest BCUT2D eigenvalue weighted by atomic mass is 16.6. The molecule has 7 nitrogen and oxygen atoms in total. The molecular formula is C21H27N3O4. The van der Waals surface area contributed by atoms with Gasteiger partial charge in [-0.25, -0.2) is 0 Å². The van der Waals surface area contributed by atoms with Crippen LogP contribution in [0, 0.1) is 10.1 Å². The van der Waals surface area contributed by atoms with Crippen LogP contribution in [0.15, 0.2) is 54.6 Å². The van der Waals surface area contributed by atoms with E-state index >= 15 is 0 Å². The first-order valence-corrected chi connectivity index (χ1v) is 9.04. The quantitative estimate of drug-likeness (QED) is 0.558. The standard InChI is InChI=1S/C21H27N3O4/c1-22(2)14-13-21(20(26)23(3)4,19(25)16-9-6-5-7-10-16)17-11-8-12-18(15-17)24(27)28/h5-12,15,19,25H,13-14H2,1-4H3. The molecule has 2 unspecified atom stereocenters. The van der Waals surface area contributed by atoms with Crippen LogP contribution in [-0.2, 0) is 10.2 Å². The Bertz CT molecular complexity index is 823. The molecule has 0 spiro atoms. The van der Waals surface area contributed by atoms with Crippen molar-refractivity contribution >= 4 is 11.6 Å². The minimum absolute atomic E-state index is 0.112. The van der Waals surface area contributed by atoms with E-state index in [-0.39, 0.29) is 11.6 Å². The summed E-state index contributed by atoms with van der Waals surface area (Å²) in [5, 5.41) is 22.7. The molecule has 0 saturated heterocycles. The number of nitro benzene ring substituents is 1. The number of hydrogen-bond donors (Lipinski definition) is 1. The van der Waals surface area contributed by atoms with E-state index in [4.69, 9.17) is 0 Å². The van der Waals surface area contributed by atoms with E-state index in [0.29, 0.717) is 24.1 Å². The number of benzene rings is 2. The topological polar surface area (TPSA) is 86.9 Å². The first kappa shape index (κ1) is 21.5. The lowest BCUT2D eigenvalue weighted by atomic mass is 9.69. The van der Waals surface area contributed by atoms with Gasteiger partial charge in [0, 0.05) is 26.2 Å². The minimum Gasteiger partial charge on any atom is -0.387 e. The highest BCUT2D eigenvalue weighted by Gasteiger charge is 2.48. The zero-order valence-electron chi connectivity index (χ0n) is 16.7. The number of aliphatic hydroxyl groups is 1. The molecule has 0 fully saturated rings. The van der Waals surface area contributed by atoms with Gasteiger partial charge in [-0.1, -0.05) is 42.5 Å². The van der Waals surface area contributed by atoms with Crippen molar-refractivity contribution in [2.24, 2.45) is 0 Å². The second-order valence-corrected chi connectivity index (χ2v) is 7.34. The summed E-state index contributed by atoms with van der Waals surface area (Å²) in [6, 6.07) is 14.9. The third-order valence-corrected chi connectivity index (χ3v) is 4.90. The molecule has 2 rings (SSSR count). The van der Waals surface area contributed by atoms with Gasteiger partial charge in [0.1, 0.15) is 5.41 Å². The van der Waals surface area contributed by atoms with Crippen LogP contribution in [0.5, 0.6) is 0 Å². The van der Waals surface area contributed by atoms with Crippen LogP contribution in [0.3, 0.4) is 0 Å². The number of carbonyl (C=O) groups is 1. The smallest absolute Gasteiger partial charge is 0.269 e. The summed E-state index contributed by atoms with van der Waals surface area (Å²) >= 11 is 0. The van der Waals surface area contributed by atoms with E-state index in [1.165, 1.54) is 17.0 Å². The fourth-order valence-corrected chi connectivity index (χ4v) is 3.40. The second kappa shape index (κ2) is 8.95. The zero-order valence-corrected chi connectivity index (χ0v) is 16.7. The molecule has 0 aliphatic heterocycles. The molecule has 0 saturated carbocycles. The summed E-state index contributed by atoms with van der Waals surface area (Å²) in [5.41, 5.74) is -0.457. The second-order valence-electron chi connectivity index (χ2n) is 7.34. The number of non-ortho nitro benzene ring substituents is 1. The summed E-state index contributed by atoms with van der Waals surface area (Å²) in [6.45, 7) is 0.520.